The maximum absolute atomic E-state index is 9.33. The monoisotopic (exact) mass is 214 g/mol. The van der Waals surface area contributed by atoms with Crippen LogP contribution in [0.1, 0.15) is 13.3 Å². The molecule has 2 aliphatic rings. The van der Waals surface area contributed by atoms with Crippen LogP contribution < -0.4 is 0 Å². The van der Waals surface area contributed by atoms with E-state index in [0.717, 1.165) is 45.9 Å². The number of morpholine rings is 1. The van der Waals surface area contributed by atoms with E-state index >= 15 is 0 Å². The Kier molecular flexibility index (Phi) is 3.97. The Morgan fingerprint density at radius 1 is 1.33 bits per heavy atom. The molecule has 0 radical (unpaired) electrons. The smallest absolute Gasteiger partial charge is 0.0639 e. The van der Waals surface area contributed by atoms with Gasteiger partial charge in [-0.3, -0.25) is 9.80 Å². The first kappa shape index (κ1) is 11.3. The minimum Gasteiger partial charge on any atom is -0.392 e. The zero-order chi connectivity index (χ0) is 10.7. The van der Waals surface area contributed by atoms with Gasteiger partial charge in [-0.2, -0.15) is 0 Å². The van der Waals surface area contributed by atoms with Crippen LogP contribution in [0.5, 0.6) is 0 Å². The second-order valence-electron chi connectivity index (χ2n) is 4.70. The molecule has 2 atom stereocenters. The van der Waals surface area contributed by atoms with Crippen LogP contribution in [0.15, 0.2) is 0 Å². The Morgan fingerprint density at radius 2 is 2.07 bits per heavy atom. The third kappa shape index (κ3) is 3.14. The highest BCUT2D eigenvalue weighted by atomic mass is 16.5. The van der Waals surface area contributed by atoms with Gasteiger partial charge in [-0.25, -0.2) is 0 Å². The summed E-state index contributed by atoms with van der Waals surface area (Å²) >= 11 is 0. The molecule has 2 saturated heterocycles. The molecule has 0 spiro atoms. The van der Waals surface area contributed by atoms with Crippen LogP contribution in [0.2, 0.25) is 0 Å². The minimum atomic E-state index is -0.201. The summed E-state index contributed by atoms with van der Waals surface area (Å²) in [6.45, 7) is 8.85. The van der Waals surface area contributed by atoms with Crippen molar-refractivity contribution in [2.45, 2.75) is 25.5 Å². The zero-order valence-electron chi connectivity index (χ0n) is 9.56. The average Bonchev–Trinajstić information content (AvgIpc) is 2.67. The van der Waals surface area contributed by atoms with Crippen molar-refractivity contribution >= 4 is 0 Å². The first-order valence-corrected chi connectivity index (χ1v) is 5.98. The van der Waals surface area contributed by atoms with Crippen molar-refractivity contribution in [2.75, 3.05) is 45.9 Å². The van der Waals surface area contributed by atoms with Crippen molar-refractivity contribution in [3.05, 3.63) is 0 Å². The summed E-state index contributed by atoms with van der Waals surface area (Å²) in [5, 5.41) is 9.33. The van der Waals surface area contributed by atoms with Crippen molar-refractivity contribution in [1.29, 1.82) is 0 Å². The van der Waals surface area contributed by atoms with Gasteiger partial charge in [-0.15, -0.1) is 0 Å². The highest BCUT2D eigenvalue weighted by Crippen LogP contribution is 2.16. The standard InChI is InChI=1S/C11H22N2O2/c1-10(14)8-12-3-2-11(9-12)13-4-6-15-7-5-13/h10-11,14H,2-9H2,1H3/t10-,11?/m0/s1. The molecule has 2 rings (SSSR count). The summed E-state index contributed by atoms with van der Waals surface area (Å²) in [4.78, 5) is 4.90. The van der Waals surface area contributed by atoms with Gasteiger partial charge in [0.2, 0.25) is 0 Å². The lowest BCUT2D eigenvalue weighted by molar-refractivity contribution is 0.0176. The Bertz CT molecular complexity index is 193. The number of rotatable bonds is 3. The zero-order valence-corrected chi connectivity index (χ0v) is 9.56. The second kappa shape index (κ2) is 5.25. The number of aliphatic hydroxyl groups is 1. The number of hydrogen-bond acceptors (Lipinski definition) is 4. The fourth-order valence-corrected chi connectivity index (χ4v) is 2.59. The molecule has 88 valence electrons. The number of ether oxygens (including phenoxy) is 1. The van der Waals surface area contributed by atoms with Gasteiger partial charge in [0, 0.05) is 32.2 Å². The van der Waals surface area contributed by atoms with E-state index in [1.807, 2.05) is 6.92 Å². The van der Waals surface area contributed by atoms with Gasteiger partial charge in [-0.1, -0.05) is 0 Å². The molecule has 0 aromatic rings. The molecule has 2 aliphatic heterocycles. The summed E-state index contributed by atoms with van der Waals surface area (Å²) in [6, 6.07) is 0.688. The quantitative estimate of drug-likeness (QED) is 0.704. The van der Waals surface area contributed by atoms with Gasteiger partial charge in [0.15, 0.2) is 0 Å². The lowest BCUT2D eigenvalue weighted by Crippen LogP contribution is -2.45. The lowest BCUT2D eigenvalue weighted by Gasteiger charge is -2.32. The molecule has 1 unspecified atom stereocenters. The minimum absolute atomic E-state index is 0.201. The molecule has 0 saturated carbocycles. The summed E-state index contributed by atoms with van der Waals surface area (Å²) in [7, 11) is 0. The third-order valence-corrected chi connectivity index (χ3v) is 3.33. The average molecular weight is 214 g/mol. The molecular weight excluding hydrogens is 192 g/mol. The van der Waals surface area contributed by atoms with Gasteiger partial charge >= 0.3 is 0 Å². The highest BCUT2D eigenvalue weighted by molar-refractivity contribution is 4.84. The van der Waals surface area contributed by atoms with Gasteiger partial charge < -0.3 is 9.84 Å². The van der Waals surface area contributed by atoms with Crippen molar-refractivity contribution < 1.29 is 9.84 Å². The molecule has 0 bridgehead atoms. The Morgan fingerprint density at radius 3 is 2.73 bits per heavy atom. The number of hydrogen-bond donors (Lipinski definition) is 1. The number of nitrogens with zero attached hydrogens (tertiary/aromatic N) is 2. The second-order valence-corrected chi connectivity index (χ2v) is 4.70. The van der Waals surface area contributed by atoms with E-state index < -0.39 is 0 Å². The van der Waals surface area contributed by atoms with Crippen LogP contribution in [0, 0.1) is 0 Å². The van der Waals surface area contributed by atoms with Crippen LogP contribution in [0.25, 0.3) is 0 Å². The molecule has 15 heavy (non-hydrogen) atoms. The van der Waals surface area contributed by atoms with Gasteiger partial charge in [0.1, 0.15) is 0 Å². The summed E-state index contributed by atoms with van der Waals surface area (Å²) < 4.78 is 5.36. The molecule has 0 aromatic heterocycles. The molecule has 2 heterocycles. The van der Waals surface area contributed by atoms with Crippen molar-refractivity contribution in [3.63, 3.8) is 0 Å². The van der Waals surface area contributed by atoms with E-state index in [1.54, 1.807) is 0 Å². The predicted octanol–water partition coefficient (Wildman–Crippen LogP) is -0.226. The Hall–Kier alpha value is -0.160. The normalized spacial score (nSPS) is 32.0. The molecule has 2 fully saturated rings. The Labute approximate surface area is 91.8 Å². The number of likely N-dealkylation sites (tertiary alicyclic amines) is 1. The summed E-state index contributed by atoms with van der Waals surface area (Å²) in [6.07, 6.45) is 1.04. The van der Waals surface area contributed by atoms with Gasteiger partial charge in [-0.05, 0) is 19.9 Å². The highest BCUT2D eigenvalue weighted by Gasteiger charge is 2.28. The van der Waals surface area contributed by atoms with E-state index in [0.29, 0.717) is 6.04 Å². The van der Waals surface area contributed by atoms with E-state index in [9.17, 15) is 5.11 Å². The first-order chi connectivity index (χ1) is 7.25. The topological polar surface area (TPSA) is 35.9 Å². The fourth-order valence-electron chi connectivity index (χ4n) is 2.59. The lowest BCUT2D eigenvalue weighted by atomic mass is 10.2. The fraction of sp³-hybridized carbons (Fsp3) is 1.00. The maximum Gasteiger partial charge on any atom is 0.0639 e. The number of β-amino-alcohol motifs (C(OH)–C–C–N with tert-alkyl or cyclic N) is 1. The van der Waals surface area contributed by atoms with E-state index in [2.05, 4.69) is 9.80 Å². The summed E-state index contributed by atoms with van der Waals surface area (Å²) in [5.74, 6) is 0. The van der Waals surface area contributed by atoms with Crippen LogP contribution in [-0.4, -0.2) is 73.0 Å². The van der Waals surface area contributed by atoms with Crippen molar-refractivity contribution in [2.24, 2.45) is 0 Å². The number of aliphatic hydroxyl groups excluding tert-OH is 1. The molecule has 0 amide bonds. The maximum atomic E-state index is 9.33. The van der Waals surface area contributed by atoms with Crippen molar-refractivity contribution in [3.8, 4) is 0 Å². The van der Waals surface area contributed by atoms with E-state index in [-0.39, 0.29) is 6.10 Å². The SMILES string of the molecule is C[C@H](O)CN1CCC(N2CCOCC2)C1. The molecular formula is C11H22N2O2. The Balaban J connectivity index is 1.76. The molecule has 1 N–H and O–H groups in total. The van der Waals surface area contributed by atoms with Crippen LogP contribution in [0.4, 0.5) is 0 Å². The third-order valence-electron chi connectivity index (χ3n) is 3.33. The molecule has 4 nitrogen and oxygen atoms in total. The first-order valence-electron chi connectivity index (χ1n) is 5.98. The van der Waals surface area contributed by atoms with E-state index in [1.165, 1.54) is 6.42 Å². The molecule has 4 heteroatoms. The van der Waals surface area contributed by atoms with E-state index in [4.69, 9.17) is 4.74 Å². The van der Waals surface area contributed by atoms with Crippen molar-refractivity contribution in [1.82, 2.24) is 9.80 Å². The van der Waals surface area contributed by atoms with Crippen LogP contribution in [0.3, 0.4) is 0 Å². The van der Waals surface area contributed by atoms with Gasteiger partial charge in [0.25, 0.3) is 0 Å². The molecule has 0 aliphatic carbocycles. The molecule has 0 aromatic carbocycles. The largest absolute Gasteiger partial charge is 0.392 e. The van der Waals surface area contributed by atoms with Gasteiger partial charge in [0.05, 0.1) is 19.3 Å². The summed E-state index contributed by atoms with van der Waals surface area (Å²) in [5.41, 5.74) is 0. The van der Waals surface area contributed by atoms with Crippen LogP contribution in [-0.2, 0) is 4.74 Å². The van der Waals surface area contributed by atoms with Crippen LogP contribution >= 0.6 is 0 Å². The predicted molar refractivity (Wildman–Crippen MR) is 58.9 cm³/mol.